The zero-order valence-corrected chi connectivity index (χ0v) is 11.1. The number of carboxylic acid groups (broad SMARTS) is 1. The average molecular weight is 294 g/mol. The highest BCUT2D eigenvalue weighted by atomic mass is 35.5. The van der Waals surface area contributed by atoms with Gasteiger partial charge in [-0.25, -0.2) is 0 Å². The summed E-state index contributed by atoms with van der Waals surface area (Å²) in [6, 6.07) is 3.00. The molecule has 0 aliphatic heterocycles. The van der Waals surface area contributed by atoms with Crippen molar-refractivity contribution in [2.24, 2.45) is 0 Å². The molecule has 4 nitrogen and oxygen atoms in total. The minimum Gasteiger partial charge on any atom is -0.480 e. The van der Waals surface area contributed by atoms with E-state index in [4.69, 9.17) is 28.3 Å². The molecule has 1 aromatic rings. The molecule has 0 radical (unpaired) electrons. The van der Waals surface area contributed by atoms with E-state index in [2.05, 4.69) is 5.32 Å². The van der Waals surface area contributed by atoms with Gasteiger partial charge in [-0.3, -0.25) is 9.59 Å². The monoisotopic (exact) mass is 293 g/mol. The van der Waals surface area contributed by atoms with E-state index in [0.717, 1.165) is 4.90 Å². The van der Waals surface area contributed by atoms with Crippen molar-refractivity contribution < 1.29 is 14.7 Å². The Bertz CT molecular complexity index is 465. The fourth-order valence-electron chi connectivity index (χ4n) is 1.11. The molecule has 0 saturated heterocycles. The first kappa shape index (κ1) is 14.2. The maximum absolute atomic E-state index is 11.6. The zero-order valence-electron chi connectivity index (χ0n) is 8.79. The second-order valence-electron chi connectivity index (χ2n) is 3.04. The molecule has 0 heterocycles. The molecule has 0 aromatic heterocycles. The summed E-state index contributed by atoms with van der Waals surface area (Å²) in [5.74, 6) is -1.69. The SMILES string of the molecule is CSc1cc(Cl)c(C(=O)NCC(=O)O)cc1Cl. The van der Waals surface area contributed by atoms with E-state index >= 15 is 0 Å². The van der Waals surface area contributed by atoms with Crippen molar-refractivity contribution in [1.82, 2.24) is 5.32 Å². The van der Waals surface area contributed by atoms with Gasteiger partial charge < -0.3 is 10.4 Å². The molecule has 0 unspecified atom stereocenters. The van der Waals surface area contributed by atoms with Crippen LogP contribution in [0.1, 0.15) is 10.4 Å². The summed E-state index contributed by atoms with van der Waals surface area (Å²) in [6.45, 7) is -0.461. The van der Waals surface area contributed by atoms with E-state index in [1.54, 1.807) is 6.07 Å². The molecule has 0 spiro atoms. The molecule has 1 aromatic carbocycles. The summed E-state index contributed by atoms with van der Waals surface area (Å²) in [6.07, 6.45) is 1.84. The maximum Gasteiger partial charge on any atom is 0.322 e. The Kier molecular flexibility index (Phi) is 5.11. The Morgan fingerprint density at radius 1 is 1.35 bits per heavy atom. The lowest BCUT2D eigenvalue weighted by atomic mass is 10.2. The fraction of sp³-hybridized carbons (Fsp3) is 0.200. The van der Waals surface area contributed by atoms with Gasteiger partial charge in [0.1, 0.15) is 6.54 Å². The molecule has 2 N–H and O–H groups in total. The Morgan fingerprint density at radius 3 is 2.53 bits per heavy atom. The van der Waals surface area contributed by atoms with Crippen molar-refractivity contribution in [2.75, 3.05) is 12.8 Å². The van der Waals surface area contributed by atoms with E-state index in [1.807, 2.05) is 6.26 Å². The van der Waals surface area contributed by atoms with Crippen molar-refractivity contribution in [3.63, 3.8) is 0 Å². The van der Waals surface area contributed by atoms with E-state index in [-0.39, 0.29) is 10.6 Å². The van der Waals surface area contributed by atoms with Gasteiger partial charge in [-0.1, -0.05) is 23.2 Å². The van der Waals surface area contributed by atoms with Crippen LogP contribution in [0.3, 0.4) is 0 Å². The Balaban J connectivity index is 2.94. The molecule has 0 fully saturated rings. The standard InChI is InChI=1S/C10H9Cl2NO3S/c1-17-8-3-6(11)5(2-7(8)12)10(16)13-4-9(14)15/h2-3H,4H2,1H3,(H,13,16)(H,14,15). The predicted octanol–water partition coefficient (Wildman–Crippen LogP) is 2.53. The highest BCUT2D eigenvalue weighted by molar-refractivity contribution is 7.98. The number of halogens is 2. The minimum absolute atomic E-state index is 0.163. The summed E-state index contributed by atoms with van der Waals surface area (Å²) >= 11 is 13.2. The molecule has 17 heavy (non-hydrogen) atoms. The van der Waals surface area contributed by atoms with Crippen molar-refractivity contribution in [3.8, 4) is 0 Å². The summed E-state index contributed by atoms with van der Waals surface area (Å²) in [5, 5.41) is 11.3. The lowest BCUT2D eigenvalue weighted by molar-refractivity contribution is -0.135. The second kappa shape index (κ2) is 6.14. The lowest BCUT2D eigenvalue weighted by Gasteiger charge is -2.08. The van der Waals surface area contributed by atoms with Crippen LogP contribution >= 0.6 is 35.0 Å². The van der Waals surface area contributed by atoms with Crippen molar-refractivity contribution in [2.45, 2.75) is 4.90 Å². The van der Waals surface area contributed by atoms with Gasteiger partial charge in [0.2, 0.25) is 0 Å². The van der Waals surface area contributed by atoms with Gasteiger partial charge in [-0.05, 0) is 18.4 Å². The number of thioether (sulfide) groups is 1. The number of amides is 1. The van der Waals surface area contributed by atoms with Gasteiger partial charge in [-0.2, -0.15) is 0 Å². The maximum atomic E-state index is 11.6. The van der Waals surface area contributed by atoms with Gasteiger partial charge in [-0.15, -0.1) is 11.8 Å². The third-order valence-electron chi connectivity index (χ3n) is 1.89. The van der Waals surface area contributed by atoms with Crippen LogP contribution in [0.4, 0.5) is 0 Å². The number of rotatable bonds is 4. The summed E-state index contributed by atoms with van der Waals surface area (Å²) in [7, 11) is 0. The van der Waals surface area contributed by atoms with Crippen molar-refractivity contribution in [1.29, 1.82) is 0 Å². The first-order valence-electron chi connectivity index (χ1n) is 4.48. The van der Waals surface area contributed by atoms with E-state index in [0.29, 0.717) is 5.02 Å². The van der Waals surface area contributed by atoms with Gasteiger partial charge in [0.05, 0.1) is 15.6 Å². The van der Waals surface area contributed by atoms with Crippen molar-refractivity contribution >= 4 is 46.8 Å². The van der Waals surface area contributed by atoms with Crippen molar-refractivity contribution in [3.05, 3.63) is 27.7 Å². The second-order valence-corrected chi connectivity index (χ2v) is 4.71. The minimum atomic E-state index is -1.12. The Morgan fingerprint density at radius 2 is 2.00 bits per heavy atom. The molecule has 1 amide bonds. The van der Waals surface area contributed by atoms with Gasteiger partial charge in [0, 0.05) is 4.90 Å². The number of hydrogen-bond acceptors (Lipinski definition) is 3. The highest BCUT2D eigenvalue weighted by Crippen LogP contribution is 2.31. The highest BCUT2D eigenvalue weighted by Gasteiger charge is 2.14. The van der Waals surface area contributed by atoms with E-state index in [1.165, 1.54) is 17.8 Å². The number of carbonyl (C=O) groups excluding carboxylic acids is 1. The van der Waals surface area contributed by atoms with E-state index in [9.17, 15) is 9.59 Å². The third kappa shape index (κ3) is 3.80. The van der Waals surface area contributed by atoms with Crippen LogP contribution in [0.25, 0.3) is 0 Å². The smallest absolute Gasteiger partial charge is 0.322 e. The molecule has 0 atom stereocenters. The number of carbonyl (C=O) groups is 2. The normalized spacial score (nSPS) is 10.1. The number of benzene rings is 1. The first-order chi connectivity index (χ1) is 7.95. The molecule has 7 heteroatoms. The molecular formula is C10H9Cl2NO3S. The van der Waals surface area contributed by atoms with Gasteiger partial charge in [0.15, 0.2) is 0 Å². The van der Waals surface area contributed by atoms with Crippen LogP contribution in [-0.4, -0.2) is 29.8 Å². The molecule has 0 bridgehead atoms. The topological polar surface area (TPSA) is 66.4 Å². The summed E-state index contributed by atoms with van der Waals surface area (Å²) in [4.78, 5) is 22.7. The molecule has 0 aliphatic carbocycles. The first-order valence-corrected chi connectivity index (χ1v) is 6.46. The lowest BCUT2D eigenvalue weighted by Crippen LogP contribution is -2.29. The van der Waals surface area contributed by atoms with Crippen LogP contribution in [0, 0.1) is 0 Å². The van der Waals surface area contributed by atoms with Crippen LogP contribution < -0.4 is 5.32 Å². The molecule has 0 aliphatic rings. The van der Waals surface area contributed by atoms with Crippen LogP contribution in [0.2, 0.25) is 10.0 Å². The van der Waals surface area contributed by atoms with E-state index < -0.39 is 18.4 Å². The molecule has 0 saturated carbocycles. The van der Waals surface area contributed by atoms with Gasteiger partial charge >= 0.3 is 5.97 Å². The Hall–Kier alpha value is -0.910. The quantitative estimate of drug-likeness (QED) is 0.837. The largest absolute Gasteiger partial charge is 0.480 e. The molecule has 1 rings (SSSR count). The molecule has 92 valence electrons. The number of aliphatic carboxylic acids is 1. The van der Waals surface area contributed by atoms with Crippen LogP contribution in [0.15, 0.2) is 17.0 Å². The fourth-order valence-corrected chi connectivity index (χ4v) is 2.31. The summed E-state index contributed by atoms with van der Waals surface area (Å²) in [5.41, 5.74) is 0.163. The number of carboxylic acids is 1. The molecular weight excluding hydrogens is 285 g/mol. The van der Waals surface area contributed by atoms with Crippen LogP contribution in [-0.2, 0) is 4.79 Å². The zero-order chi connectivity index (χ0) is 13.0. The third-order valence-corrected chi connectivity index (χ3v) is 3.40. The van der Waals surface area contributed by atoms with Gasteiger partial charge in [0.25, 0.3) is 5.91 Å². The van der Waals surface area contributed by atoms with Crippen LogP contribution in [0.5, 0.6) is 0 Å². The summed E-state index contributed by atoms with van der Waals surface area (Å²) < 4.78 is 0. The predicted molar refractivity (Wildman–Crippen MR) is 68.2 cm³/mol. The number of hydrogen-bond donors (Lipinski definition) is 2. The Labute approximate surface area is 112 Å². The number of nitrogens with one attached hydrogen (secondary N) is 1. The average Bonchev–Trinajstić information content (AvgIpc) is 2.28.